The molecule has 0 amide bonds. The van der Waals surface area contributed by atoms with E-state index in [0.29, 0.717) is 0 Å². The fourth-order valence-corrected chi connectivity index (χ4v) is 5.45. The zero-order valence-electron chi connectivity index (χ0n) is 12.4. The van der Waals surface area contributed by atoms with Crippen molar-refractivity contribution >= 4 is 82.0 Å². The summed E-state index contributed by atoms with van der Waals surface area (Å²) in [5.41, 5.74) is 0. The molecule has 0 saturated carbocycles. The molecule has 0 radical (unpaired) electrons. The largest absolute Gasteiger partial charge is 0.142 e. The highest BCUT2D eigenvalue weighted by Gasteiger charge is 2.18. The third-order valence-corrected chi connectivity index (χ3v) is 6.48. The van der Waals surface area contributed by atoms with Gasteiger partial charge in [-0.1, -0.05) is 48.5 Å². The minimum absolute atomic E-state index is 0.972. The van der Waals surface area contributed by atoms with Gasteiger partial charge in [-0.3, -0.25) is 0 Å². The van der Waals surface area contributed by atoms with Gasteiger partial charge in [0.25, 0.3) is 0 Å². The molecule has 0 unspecified atom stereocenters. The smallest absolute Gasteiger partial charge is 0.0239 e. The lowest BCUT2D eigenvalue weighted by Crippen LogP contribution is -1.90. The van der Waals surface area contributed by atoms with Gasteiger partial charge in [-0.25, -0.2) is 0 Å². The normalized spacial score (nSPS) is 11.7. The van der Waals surface area contributed by atoms with Crippen LogP contribution in [0.4, 0.5) is 0 Å². The van der Waals surface area contributed by atoms with Crippen LogP contribution in [0.1, 0.15) is 0 Å². The second kappa shape index (κ2) is 5.85. The van der Waals surface area contributed by atoms with Gasteiger partial charge in [-0.05, 0) is 27.8 Å². The maximum Gasteiger partial charge on any atom is 0.0239 e. The van der Waals surface area contributed by atoms with E-state index in [-0.39, 0.29) is 0 Å². The number of hydrogen-bond donors (Lipinski definition) is 3. The molecule has 0 aliphatic heterocycles. The predicted molar refractivity (Wildman–Crippen MR) is 112 cm³/mol. The van der Waals surface area contributed by atoms with E-state index in [2.05, 4.69) is 42.7 Å². The van der Waals surface area contributed by atoms with Gasteiger partial charge >= 0.3 is 0 Å². The van der Waals surface area contributed by atoms with Gasteiger partial charge < -0.3 is 0 Å². The molecule has 0 N–H and O–H groups in total. The van der Waals surface area contributed by atoms with E-state index in [0.717, 1.165) is 41.6 Å². The Bertz CT molecular complexity index is 1080. The SMILES string of the molecule is CSc1c2ccccc2c(S)c2c(S)c3ccccc3c(S)c12. The lowest BCUT2D eigenvalue weighted by atomic mass is 9.99. The van der Waals surface area contributed by atoms with Crippen LogP contribution < -0.4 is 0 Å². The second-order valence-electron chi connectivity index (χ2n) is 5.42. The molecule has 23 heavy (non-hydrogen) atoms. The summed E-state index contributed by atoms with van der Waals surface area (Å²) < 4.78 is 0. The Hall–Kier alpha value is -0.940. The summed E-state index contributed by atoms with van der Waals surface area (Å²) >= 11 is 16.3. The summed E-state index contributed by atoms with van der Waals surface area (Å²) in [5.74, 6) is 0. The Labute approximate surface area is 155 Å². The van der Waals surface area contributed by atoms with Gasteiger partial charge in [0.05, 0.1) is 0 Å². The molecule has 0 aliphatic carbocycles. The van der Waals surface area contributed by atoms with Crippen LogP contribution in [-0.4, -0.2) is 6.26 Å². The number of fused-ring (bicyclic) bond motifs is 3. The summed E-state index contributed by atoms with van der Waals surface area (Å²) in [5, 5.41) is 6.86. The summed E-state index contributed by atoms with van der Waals surface area (Å²) in [6.07, 6.45) is 2.11. The number of rotatable bonds is 1. The fourth-order valence-electron chi connectivity index (χ4n) is 3.22. The predicted octanol–water partition coefficient (Wildman–Crippen LogP) is 6.73. The van der Waals surface area contributed by atoms with Gasteiger partial charge in [0.1, 0.15) is 0 Å². The lowest BCUT2D eigenvalue weighted by molar-refractivity contribution is 1.44. The third kappa shape index (κ3) is 2.19. The van der Waals surface area contributed by atoms with E-state index in [1.54, 1.807) is 11.8 Å². The molecule has 4 aromatic rings. The van der Waals surface area contributed by atoms with E-state index in [4.69, 9.17) is 37.9 Å². The van der Waals surface area contributed by atoms with Crippen molar-refractivity contribution in [1.82, 2.24) is 0 Å². The van der Waals surface area contributed by atoms with Crippen molar-refractivity contribution in [2.45, 2.75) is 19.6 Å². The van der Waals surface area contributed by atoms with Gasteiger partial charge in [0.15, 0.2) is 0 Å². The van der Waals surface area contributed by atoms with Crippen LogP contribution in [0.2, 0.25) is 0 Å². The monoisotopic (exact) mass is 370 g/mol. The first kappa shape index (κ1) is 15.6. The number of thiol groups is 3. The third-order valence-electron chi connectivity index (χ3n) is 4.26. The molecule has 0 saturated heterocycles. The second-order valence-corrected chi connectivity index (χ2v) is 7.58. The topological polar surface area (TPSA) is 0 Å². The van der Waals surface area contributed by atoms with Crippen LogP contribution in [0.3, 0.4) is 0 Å². The van der Waals surface area contributed by atoms with Crippen LogP contribution >= 0.6 is 49.6 Å². The van der Waals surface area contributed by atoms with E-state index >= 15 is 0 Å². The molecule has 0 aliphatic rings. The Kier molecular flexibility index (Phi) is 3.96. The van der Waals surface area contributed by atoms with Crippen LogP contribution in [-0.2, 0) is 0 Å². The molecule has 0 aromatic heterocycles. The van der Waals surface area contributed by atoms with Gasteiger partial charge in [0.2, 0.25) is 0 Å². The first-order valence-electron chi connectivity index (χ1n) is 7.19. The van der Waals surface area contributed by atoms with Crippen molar-refractivity contribution in [3.05, 3.63) is 48.5 Å². The Balaban J connectivity index is 2.42. The Morgan fingerprint density at radius 2 is 1.00 bits per heavy atom. The van der Waals surface area contributed by atoms with E-state index in [9.17, 15) is 0 Å². The molecule has 0 nitrogen and oxygen atoms in total. The quantitative estimate of drug-likeness (QED) is 0.190. The van der Waals surface area contributed by atoms with Gasteiger partial charge in [0, 0.05) is 30.4 Å². The lowest BCUT2D eigenvalue weighted by Gasteiger charge is -2.18. The first-order valence-corrected chi connectivity index (χ1v) is 9.75. The number of thioether (sulfide) groups is 1. The van der Waals surface area contributed by atoms with Crippen molar-refractivity contribution in [3.8, 4) is 0 Å². The van der Waals surface area contributed by atoms with Crippen molar-refractivity contribution in [2.24, 2.45) is 0 Å². The molecule has 0 heterocycles. The summed E-state index contributed by atoms with van der Waals surface area (Å²) in [6, 6.07) is 16.7. The summed E-state index contributed by atoms with van der Waals surface area (Å²) in [4.78, 5) is 4.18. The van der Waals surface area contributed by atoms with E-state index in [1.807, 2.05) is 12.1 Å². The molecule has 4 aromatic carbocycles. The molecule has 0 fully saturated rings. The number of benzene rings is 4. The van der Waals surface area contributed by atoms with Gasteiger partial charge in [-0.2, -0.15) is 0 Å². The van der Waals surface area contributed by atoms with Crippen LogP contribution in [0.25, 0.3) is 32.3 Å². The molecule has 0 spiro atoms. The first-order chi connectivity index (χ1) is 11.1. The summed E-state index contributed by atoms with van der Waals surface area (Å²) in [6.45, 7) is 0. The molecule has 114 valence electrons. The van der Waals surface area contributed by atoms with Gasteiger partial charge in [-0.15, -0.1) is 49.6 Å². The highest BCUT2D eigenvalue weighted by Crippen LogP contribution is 2.47. The fraction of sp³-hybridized carbons (Fsp3) is 0.0526. The maximum atomic E-state index is 4.88. The molecular formula is C19H14S4. The van der Waals surface area contributed by atoms with Crippen LogP contribution in [0, 0.1) is 0 Å². The Morgan fingerprint density at radius 3 is 1.48 bits per heavy atom. The van der Waals surface area contributed by atoms with E-state index < -0.39 is 0 Å². The highest BCUT2D eigenvalue weighted by atomic mass is 32.2. The van der Waals surface area contributed by atoms with Crippen molar-refractivity contribution < 1.29 is 0 Å². The maximum absolute atomic E-state index is 4.88. The average Bonchev–Trinajstić information content (AvgIpc) is 2.59. The van der Waals surface area contributed by atoms with Crippen molar-refractivity contribution in [3.63, 3.8) is 0 Å². The average molecular weight is 371 g/mol. The van der Waals surface area contributed by atoms with Crippen LogP contribution in [0.15, 0.2) is 68.1 Å². The number of hydrogen-bond acceptors (Lipinski definition) is 4. The Morgan fingerprint density at radius 1 is 0.609 bits per heavy atom. The summed E-state index contributed by atoms with van der Waals surface area (Å²) in [7, 11) is 0. The van der Waals surface area contributed by atoms with Crippen molar-refractivity contribution in [1.29, 1.82) is 0 Å². The minimum atomic E-state index is 0.972. The zero-order valence-corrected chi connectivity index (χ0v) is 15.9. The van der Waals surface area contributed by atoms with Crippen molar-refractivity contribution in [2.75, 3.05) is 6.26 Å². The standard InChI is InChI=1S/C19H14S4/c1-23-19-13-9-5-4-8-12(13)17(21)14-15(19)18(22)11-7-3-2-6-10(11)16(14)20/h2-9,20-22H,1H3. The molecule has 0 atom stereocenters. The minimum Gasteiger partial charge on any atom is -0.142 e. The molecule has 4 rings (SSSR count). The highest BCUT2D eigenvalue weighted by molar-refractivity contribution is 7.99. The van der Waals surface area contributed by atoms with E-state index in [1.165, 1.54) is 10.3 Å². The molecule has 4 heteroatoms. The van der Waals surface area contributed by atoms with Crippen LogP contribution in [0.5, 0.6) is 0 Å². The zero-order chi connectivity index (χ0) is 16.1. The molecular weight excluding hydrogens is 356 g/mol. The molecule has 0 bridgehead atoms.